The lowest BCUT2D eigenvalue weighted by Crippen LogP contribution is -2.52. The van der Waals surface area contributed by atoms with E-state index in [0.717, 1.165) is 26.2 Å². The Morgan fingerprint density at radius 1 is 1.37 bits per heavy atom. The first-order chi connectivity index (χ1) is 9.20. The minimum Gasteiger partial charge on any atom is -0.329 e. The number of benzene rings is 1. The Morgan fingerprint density at radius 3 is 2.74 bits per heavy atom. The number of rotatable bonds is 2. The van der Waals surface area contributed by atoms with Crippen molar-refractivity contribution in [3.05, 3.63) is 35.9 Å². The zero-order valence-corrected chi connectivity index (χ0v) is 12.6. The van der Waals surface area contributed by atoms with Gasteiger partial charge >= 0.3 is 0 Å². The monoisotopic (exact) mass is 320 g/mol. The lowest BCUT2D eigenvalue weighted by atomic mass is 10.1. The number of amides is 1. The van der Waals surface area contributed by atoms with Gasteiger partial charge in [-0.1, -0.05) is 30.3 Å². The highest BCUT2D eigenvalue weighted by Gasteiger charge is 2.25. The van der Waals surface area contributed by atoms with Crippen molar-refractivity contribution in [2.75, 3.05) is 19.6 Å². The third kappa shape index (κ3) is 3.82. The van der Waals surface area contributed by atoms with Gasteiger partial charge in [0.25, 0.3) is 5.91 Å². The number of carbonyl (C=O) groups is 1. The Morgan fingerprint density at radius 2 is 2.11 bits per heavy atom. The van der Waals surface area contributed by atoms with Crippen LogP contribution in [0.1, 0.15) is 12.5 Å². The smallest absolute Gasteiger partial charge is 0.299 e. The first-order valence-electron chi connectivity index (χ1n) is 6.39. The van der Waals surface area contributed by atoms with Gasteiger partial charge < -0.3 is 4.90 Å². The van der Waals surface area contributed by atoms with Crippen LogP contribution in [0.2, 0.25) is 0 Å². The molecule has 0 N–H and O–H groups in total. The molecule has 19 heavy (non-hydrogen) atoms. The van der Waals surface area contributed by atoms with Crippen LogP contribution in [0.15, 0.2) is 30.3 Å². The number of hydrogen-bond donors (Lipinski definition) is 0. The maximum absolute atomic E-state index is 11.7. The Labute approximate surface area is 122 Å². The molecule has 1 atom stereocenters. The third-order valence-electron chi connectivity index (χ3n) is 3.43. The molecule has 0 bridgehead atoms. The number of nitrogens with zero attached hydrogens (tertiary/aromatic N) is 2. The van der Waals surface area contributed by atoms with Crippen LogP contribution >= 0.6 is 15.9 Å². The second kappa shape index (κ2) is 6.74. The Balaban J connectivity index is 1.93. The van der Waals surface area contributed by atoms with Crippen molar-refractivity contribution in [3.8, 4) is 10.8 Å². The van der Waals surface area contributed by atoms with E-state index < -0.39 is 0 Å². The van der Waals surface area contributed by atoms with Gasteiger partial charge in [-0.25, -0.2) is 0 Å². The number of hydrogen-bond acceptors (Lipinski definition) is 2. The summed E-state index contributed by atoms with van der Waals surface area (Å²) in [6, 6.07) is 10.8. The van der Waals surface area contributed by atoms with Crippen molar-refractivity contribution in [3.63, 3.8) is 0 Å². The van der Waals surface area contributed by atoms with E-state index in [-0.39, 0.29) is 5.91 Å². The number of halogens is 1. The van der Waals surface area contributed by atoms with Crippen molar-refractivity contribution < 1.29 is 4.79 Å². The van der Waals surface area contributed by atoms with Gasteiger partial charge in [-0.15, -0.1) is 0 Å². The number of piperazine rings is 1. The molecule has 1 aromatic carbocycles. The predicted molar refractivity (Wildman–Crippen MR) is 79.6 cm³/mol. The van der Waals surface area contributed by atoms with Crippen LogP contribution < -0.4 is 0 Å². The highest BCUT2D eigenvalue weighted by atomic mass is 79.9. The molecule has 1 amide bonds. The summed E-state index contributed by atoms with van der Waals surface area (Å²) in [4.78, 5) is 18.4. The van der Waals surface area contributed by atoms with Gasteiger partial charge in [0, 0.05) is 54.1 Å². The van der Waals surface area contributed by atoms with Crippen molar-refractivity contribution >= 4 is 21.8 Å². The van der Waals surface area contributed by atoms with Gasteiger partial charge in [0.1, 0.15) is 0 Å². The fourth-order valence-corrected chi connectivity index (χ4v) is 2.52. The van der Waals surface area contributed by atoms with E-state index >= 15 is 0 Å². The van der Waals surface area contributed by atoms with E-state index in [2.05, 4.69) is 62.8 Å². The summed E-state index contributed by atoms with van der Waals surface area (Å²) in [6.45, 7) is 5.48. The van der Waals surface area contributed by atoms with Crippen LogP contribution in [0.5, 0.6) is 0 Å². The van der Waals surface area contributed by atoms with E-state index in [1.165, 1.54) is 5.56 Å². The topological polar surface area (TPSA) is 23.6 Å². The summed E-state index contributed by atoms with van der Waals surface area (Å²) in [6.07, 6.45) is 0. The second-order valence-electron chi connectivity index (χ2n) is 4.78. The van der Waals surface area contributed by atoms with E-state index in [9.17, 15) is 4.79 Å². The SMILES string of the molecule is CC1CN(C(=O)C#CBr)CCN1Cc1ccccc1. The van der Waals surface area contributed by atoms with Crippen molar-refractivity contribution in [2.24, 2.45) is 0 Å². The molecule has 1 fully saturated rings. The average Bonchev–Trinajstić information content (AvgIpc) is 2.42. The molecule has 4 heteroatoms. The average molecular weight is 321 g/mol. The minimum absolute atomic E-state index is 0.0944. The molecule has 1 unspecified atom stereocenters. The van der Waals surface area contributed by atoms with Crippen molar-refractivity contribution in [1.82, 2.24) is 9.80 Å². The Hall–Kier alpha value is -1.31. The second-order valence-corrected chi connectivity index (χ2v) is 5.17. The van der Waals surface area contributed by atoms with Crippen LogP contribution in [0.4, 0.5) is 0 Å². The summed E-state index contributed by atoms with van der Waals surface area (Å²) in [5.74, 6) is 2.44. The highest BCUT2D eigenvalue weighted by molar-refractivity contribution is 9.12. The maximum Gasteiger partial charge on any atom is 0.299 e. The van der Waals surface area contributed by atoms with Crippen LogP contribution in [0.25, 0.3) is 0 Å². The highest BCUT2D eigenvalue weighted by Crippen LogP contribution is 2.13. The first kappa shape index (κ1) is 14.1. The molecule has 1 aliphatic rings. The van der Waals surface area contributed by atoms with Crippen LogP contribution in [-0.2, 0) is 11.3 Å². The molecule has 2 rings (SSSR count). The summed E-state index contributed by atoms with van der Waals surface area (Å²) in [7, 11) is 0. The van der Waals surface area contributed by atoms with Gasteiger partial charge in [-0.2, -0.15) is 0 Å². The lowest BCUT2D eigenvalue weighted by Gasteiger charge is -2.39. The molecular weight excluding hydrogens is 304 g/mol. The summed E-state index contributed by atoms with van der Waals surface area (Å²) < 4.78 is 0. The van der Waals surface area contributed by atoms with Gasteiger partial charge in [0.15, 0.2) is 0 Å². The normalized spacial score (nSPS) is 19.7. The predicted octanol–water partition coefficient (Wildman–Crippen LogP) is 2.08. The lowest BCUT2D eigenvalue weighted by molar-refractivity contribution is -0.128. The number of carbonyl (C=O) groups excluding carboxylic acids is 1. The zero-order chi connectivity index (χ0) is 13.7. The van der Waals surface area contributed by atoms with Crippen LogP contribution in [0, 0.1) is 10.8 Å². The Bertz CT molecular complexity index is 492. The molecule has 0 spiro atoms. The molecule has 1 heterocycles. The first-order valence-corrected chi connectivity index (χ1v) is 7.18. The van der Waals surface area contributed by atoms with Crippen molar-refractivity contribution in [1.29, 1.82) is 0 Å². The molecule has 0 aliphatic carbocycles. The molecular formula is C15H17BrN2O. The molecule has 0 radical (unpaired) electrons. The van der Waals surface area contributed by atoms with Gasteiger partial charge in [-0.05, 0) is 17.3 Å². The van der Waals surface area contributed by atoms with Crippen LogP contribution in [0.3, 0.4) is 0 Å². The van der Waals surface area contributed by atoms with Gasteiger partial charge in [0.2, 0.25) is 0 Å². The molecule has 0 aromatic heterocycles. The molecule has 1 aromatic rings. The third-order valence-corrected chi connectivity index (χ3v) is 3.63. The molecule has 3 nitrogen and oxygen atoms in total. The van der Waals surface area contributed by atoms with Crippen molar-refractivity contribution in [2.45, 2.75) is 19.5 Å². The van der Waals surface area contributed by atoms with Gasteiger partial charge in [-0.3, -0.25) is 9.69 Å². The maximum atomic E-state index is 11.7. The summed E-state index contributed by atoms with van der Waals surface area (Å²) >= 11 is 2.97. The zero-order valence-electron chi connectivity index (χ0n) is 11.0. The fraction of sp³-hybridized carbons (Fsp3) is 0.400. The van der Waals surface area contributed by atoms with Gasteiger partial charge in [0.05, 0.1) is 0 Å². The largest absolute Gasteiger partial charge is 0.329 e. The van der Waals surface area contributed by atoms with E-state index in [1.54, 1.807) is 0 Å². The van der Waals surface area contributed by atoms with E-state index in [1.807, 2.05) is 11.0 Å². The fourth-order valence-electron chi connectivity index (χ4n) is 2.35. The molecule has 0 saturated carbocycles. The quantitative estimate of drug-likeness (QED) is 0.779. The summed E-state index contributed by atoms with van der Waals surface area (Å²) in [5, 5.41) is 0. The molecule has 1 saturated heterocycles. The minimum atomic E-state index is -0.0944. The summed E-state index contributed by atoms with van der Waals surface area (Å²) in [5.41, 5.74) is 1.31. The Kier molecular flexibility index (Phi) is 5.00. The van der Waals surface area contributed by atoms with Crippen LogP contribution in [-0.4, -0.2) is 41.4 Å². The standard InChI is InChI=1S/C15H17BrN2O/c1-13-11-18(15(19)7-8-16)10-9-17(13)12-14-5-3-2-4-6-14/h2-6,13H,9-12H2,1H3. The van der Waals surface area contributed by atoms with E-state index in [4.69, 9.17) is 0 Å². The molecule has 100 valence electrons. The van der Waals surface area contributed by atoms with E-state index in [0.29, 0.717) is 6.04 Å². The molecule has 1 aliphatic heterocycles.